The van der Waals surface area contributed by atoms with Gasteiger partial charge in [-0.05, 0) is 32.6 Å². The maximum atomic E-state index is 11.7. The smallest absolute Gasteiger partial charge is 0.249 e. The van der Waals surface area contributed by atoms with Gasteiger partial charge >= 0.3 is 0 Å². The third kappa shape index (κ3) is 3.19. The van der Waals surface area contributed by atoms with Crippen LogP contribution in [0.2, 0.25) is 0 Å². The number of ether oxygens (including phenoxy) is 1. The molecule has 0 aliphatic carbocycles. The number of hydrogen-bond acceptors (Lipinski definition) is 3. The van der Waals surface area contributed by atoms with Crippen LogP contribution in [0.25, 0.3) is 0 Å². The molecule has 2 saturated heterocycles. The summed E-state index contributed by atoms with van der Waals surface area (Å²) in [4.78, 5) is 11.7. The summed E-state index contributed by atoms with van der Waals surface area (Å²) in [5, 5.41) is 6.50. The van der Waals surface area contributed by atoms with Crippen molar-refractivity contribution >= 4 is 5.91 Å². The van der Waals surface area contributed by atoms with Crippen molar-refractivity contribution in [1.29, 1.82) is 0 Å². The van der Waals surface area contributed by atoms with E-state index in [1.807, 2.05) is 0 Å². The second-order valence-electron chi connectivity index (χ2n) is 4.94. The molecule has 2 heterocycles. The molecule has 2 rings (SSSR count). The standard InChI is InChI=1S/C12H22N2O2/c1-9-4-2-5-10(14-9)8-13-12(15)11-6-3-7-16-11/h9-11,14H,2-8H2,1H3,(H,13,15). The maximum absolute atomic E-state index is 11.7. The predicted molar refractivity (Wildman–Crippen MR) is 62.2 cm³/mol. The van der Waals surface area contributed by atoms with Gasteiger partial charge in [-0.2, -0.15) is 0 Å². The molecule has 16 heavy (non-hydrogen) atoms. The molecular formula is C12H22N2O2. The second-order valence-corrected chi connectivity index (χ2v) is 4.94. The molecule has 0 aromatic carbocycles. The van der Waals surface area contributed by atoms with Crippen LogP contribution in [0.15, 0.2) is 0 Å². The summed E-state index contributed by atoms with van der Waals surface area (Å²) in [7, 11) is 0. The van der Waals surface area contributed by atoms with E-state index >= 15 is 0 Å². The highest BCUT2D eigenvalue weighted by Crippen LogP contribution is 2.13. The molecule has 4 nitrogen and oxygen atoms in total. The van der Waals surface area contributed by atoms with E-state index in [1.165, 1.54) is 12.8 Å². The van der Waals surface area contributed by atoms with Crippen LogP contribution in [0.4, 0.5) is 0 Å². The van der Waals surface area contributed by atoms with Gasteiger partial charge in [-0.1, -0.05) is 6.42 Å². The zero-order chi connectivity index (χ0) is 11.4. The Hall–Kier alpha value is -0.610. The Morgan fingerprint density at radius 2 is 2.25 bits per heavy atom. The van der Waals surface area contributed by atoms with Crippen molar-refractivity contribution in [3.63, 3.8) is 0 Å². The van der Waals surface area contributed by atoms with E-state index in [1.54, 1.807) is 0 Å². The van der Waals surface area contributed by atoms with Gasteiger partial charge < -0.3 is 15.4 Å². The molecule has 1 amide bonds. The molecule has 2 N–H and O–H groups in total. The van der Waals surface area contributed by atoms with Gasteiger partial charge in [-0.15, -0.1) is 0 Å². The van der Waals surface area contributed by atoms with Crippen LogP contribution in [0, 0.1) is 0 Å². The van der Waals surface area contributed by atoms with Crippen molar-refractivity contribution in [2.75, 3.05) is 13.2 Å². The van der Waals surface area contributed by atoms with E-state index in [4.69, 9.17) is 4.74 Å². The molecule has 4 heteroatoms. The van der Waals surface area contributed by atoms with E-state index in [2.05, 4.69) is 17.6 Å². The number of hydrogen-bond donors (Lipinski definition) is 2. The second kappa shape index (κ2) is 5.64. The number of piperidine rings is 1. The van der Waals surface area contributed by atoms with Crippen LogP contribution < -0.4 is 10.6 Å². The SMILES string of the molecule is CC1CCCC(CNC(=O)C2CCCO2)N1. The Morgan fingerprint density at radius 1 is 1.38 bits per heavy atom. The third-order valence-electron chi connectivity index (χ3n) is 3.45. The molecule has 0 bridgehead atoms. The van der Waals surface area contributed by atoms with Crippen molar-refractivity contribution in [3.05, 3.63) is 0 Å². The van der Waals surface area contributed by atoms with Crippen molar-refractivity contribution in [1.82, 2.24) is 10.6 Å². The zero-order valence-corrected chi connectivity index (χ0v) is 10.00. The van der Waals surface area contributed by atoms with Crippen molar-refractivity contribution < 1.29 is 9.53 Å². The lowest BCUT2D eigenvalue weighted by Gasteiger charge is -2.29. The molecule has 0 radical (unpaired) electrons. The summed E-state index contributed by atoms with van der Waals surface area (Å²) in [5.74, 6) is 0.0672. The van der Waals surface area contributed by atoms with Crippen LogP contribution >= 0.6 is 0 Å². The first-order chi connectivity index (χ1) is 7.75. The van der Waals surface area contributed by atoms with Gasteiger partial charge in [0.25, 0.3) is 0 Å². The van der Waals surface area contributed by atoms with Gasteiger partial charge in [0.1, 0.15) is 6.10 Å². The monoisotopic (exact) mass is 226 g/mol. The lowest BCUT2D eigenvalue weighted by molar-refractivity contribution is -0.130. The van der Waals surface area contributed by atoms with Crippen molar-refractivity contribution in [3.8, 4) is 0 Å². The minimum Gasteiger partial charge on any atom is -0.368 e. The van der Waals surface area contributed by atoms with Gasteiger partial charge in [0.05, 0.1) is 0 Å². The van der Waals surface area contributed by atoms with Crippen molar-refractivity contribution in [2.24, 2.45) is 0 Å². The van der Waals surface area contributed by atoms with Gasteiger partial charge in [-0.3, -0.25) is 4.79 Å². The fraction of sp³-hybridized carbons (Fsp3) is 0.917. The van der Waals surface area contributed by atoms with Crippen LogP contribution in [0.3, 0.4) is 0 Å². The van der Waals surface area contributed by atoms with Gasteiger partial charge in [0, 0.05) is 25.2 Å². The van der Waals surface area contributed by atoms with Gasteiger partial charge in [0.15, 0.2) is 0 Å². The summed E-state index contributed by atoms with van der Waals surface area (Å²) in [6, 6.07) is 1.02. The summed E-state index contributed by atoms with van der Waals surface area (Å²) in [6.45, 7) is 3.67. The lowest BCUT2D eigenvalue weighted by atomic mass is 9.99. The first-order valence-corrected chi connectivity index (χ1v) is 6.41. The highest BCUT2D eigenvalue weighted by molar-refractivity contribution is 5.80. The van der Waals surface area contributed by atoms with E-state index in [9.17, 15) is 4.79 Å². The Bertz CT molecular complexity index is 239. The molecule has 0 saturated carbocycles. The molecule has 2 aliphatic rings. The molecule has 3 atom stereocenters. The number of carbonyl (C=O) groups is 1. The molecule has 92 valence electrons. The Labute approximate surface area is 97.1 Å². The fourth-order valence-electron chi connectivity index (χ4n) is 2.52. The summed E-state index contributed by atoms with van der Waals surface area (Å²) >= 11 is 0. The fourth-order valence-corrected chi connectivity index (χ4v) is 2.52. The summed E-state index contributed by atoms with van der Waals surface area (Å²) in [5.41, 5.74) is 0. The summed E-state index contributed by atoms with van der Waals surface area (Å²) in [6.07, 6.45) is 5.36. The molecule has 0 aromatic rings. The lowest BCUT2D eigenvalue weighted by Crippen LogP contribution is -2.48. The minimum atomic E-state index is -0.194. The maximum Gasteiger partial charge on any atom is 0.249 e. The average Bonchev–Trinajstić information content (AvgIpc) is 2.79. The number of rotatable bonds is 3. The number of nitrogens with one attached hydrogen (secondary N) is 2. The van der Waals surface area contributed by atoms with Gasteiger partial charge in [-0.25, -0.2) is 0 Å². The first kappa shape index (κ1) is 11.9. The van der Waals surface area contributed by atoms with Gasteiger partial charge in [0.2, 0.25) is 5.91 Å². The van der Waals surface area contributed by atoms with E-state index in [0.29, 0.717) is 12.1 Å². The zero-order valence-electron chi connectivity index (χ0n) is 10.00. The summed E-state index contributed by atoms with van der Waals surface area (Å²) < 4.78 is 5.34. The van der Waals surface area contributed by atoms with Crippen LogP contribution in [0.1, 0.15) is 39.0 Å². The van der Waals surface area contributed by atoms with Crippen LogP contribution in [-0.4, -0.2) is 37.2 Å². The van der Waals surface area contributed by atoms with E-state index < -0.39 is 0 Å². The first-order valence-electron chi connectivity index (χ1n) is 6.41. The Kier molecular flexibility index (Phi) is 4.18. The van der Waals surface area contributed by atoms with E-state index in [0.717, 1.165) is 32.4 Å². The molecule has 2 aliphatic heterocycles. The topological polar surface area (TPSA) is 50.4 Å². The third-order valence-corrected chi connectivity index (χ3v) is 3.45. The Morgan fingerprint density at radius 3 is 2.94 bits per heavy atom. The highest BCUT2D eigenvalue weighted by Gasteiger charge is 2.24. The molecule has 0 aromatic heterocycles. The highest BCUT2D eigenvalue weighted by atomic mass is 16.5. The molecule has 2 fully saturated rings. The minimum absolute atomic E-state index is 0.0672. The van der Waals surface area contributed by atoms with Crippen LogP contribution in [-0.2, 0) is 9.53 Å². The quantitative estimate of drug-likeness (QED) is 0.749. The van der Waals surface area contributed by atoms with E-state index in [-0.39, 0.29) is 12.0 Å². The largest absolute Gasteiger partial charge is 0.368 e. The molecule has 0 spiro atoms. The normalized spacial score (nSPS) is 34.9. The average molecular weight is 226 g/mol. The Balaban J connectivity index is 1.67. The number of amides is 1. The number of carbonyl (C=O) groups excluding carboxylic acids is 1. The molecule has 3 unspecified atom stereocenters. The predicted octanol–water partition coefficient (Wildman–Crippen LogP) is 0.812. The van der Waals surface area contributed by atoms with Crippen molar-refractivity contribution in [2.45, 2.75) is 57.2 Å². The van der Waals surface area contributed by atoms with Crippen LogP contribution in [0.5, 0.6) is 0 Å². The molecular weight excluding hydrogens is 204 g/mol.